The zero-order valence-electron chi connectivity index (χ0n) is 14.7. The minimum Gasteiger partial charge on any atom is -0.348 e. The molecule has 136 valence electrons. The molecule has 2 amide bonds. The Kier molecular flexibility index (Phi) is 5.84. The van der Waals surface area contributed by atoms with E-state index in [1.807, 2.05) is 19.1 Å². The summed E-state index contributed by atoms with van der Waals surface area (Å²) < 4.78 is 0. The van der Waals surface area contributed by atoms with Crippen LogP contribution in [-0.4, -0.2) is 16.8 Å². The molecule has 0 spiro atoms. The van der Waals surface area contributed by atoms with Crippen LogP contribution in [0.5, 0.6) is 0 Å². The van der Waals surface area contributed by atoms with Gasteiger partial charge in [0.15, 0.2) is 0 Å². The second-order valence-corrected chi connectivity index (χ2v) is 6.40. The van der Waals surface area contributed by atoms with Gasteiger partial charge in [-0.1, -0.05) is 23.7 Å². The molecule has 2 N–H and O–H groups in total. The fourth-order valence-electron chi connectivity index (χ4n) is 2.50. The summed E-state index contributed by atoms with van der Waals surface area (Å²) in [4.78, 5) is 28.6. The summed E-state index contributed by atoms with van der Waals surface area (Å²) in [5.41, 5.74) is 3.32. The second kappa shape index (κ2) is 8.47. The molecule has 5 nitrogen and oxygen atoms in total. The van der Waals surface area contributed by atoms with E-state index in [2.05, 4.69) is 15.6 Å². The van der Waals surface area contributed by atoms with Crippen molar-refractivity contribution < 1.29 is 9.59 Å². The van der Waals surface area contributed by atoms with Gasteiger partial charge in [0, 0.05) is 40.8 Å². The zero-order chi connectivity index (χ0) is 19.2. The van der Waals surface area contributed by atoms with Crippen LogP contribution in [0.25, 0.3) is 0 Å². The third-order valence-electron chi connectivity index (χ3n) is 4.10. The number of hydrogen-bond donors (Lipinski definition) is 2. The quantitative estimate of drug-likeness (QED) is 0.697. The van der Waals surface area contributed by atoms with Gasteiger partial charge in [0.05, 0.1) is 0 Å². The first-order valence-corrected chi connectivity index (χ1v) is 8.76. The summed E-state index contributed by atoms with van der Waals surface area (Å²) in [5.74, 6) is -0.473. The lowest BCUT2D eigenvalue weighted by molar-refractivity contribution is 0.0949. The molecule has 2 aromatic carbocycles. The fourth-order valence-corrected chi connectivity index (χ4v) is 2.67. The predicted octanol–water partition coefficient (Wildman–Crippen LogP) is 4.23. The van der Waals surface area contributed by atoms with Crippen molar-refractivity contribution in [3.63, 3.8) is 0 Å². The van der Waals surface area contributed by atoms with E-state index in [9.17, 15) is 9.59 Å². The number of amides is 2. The van der Waals surface area contributed by atoms with Crippen LogP contribution in [0.4, 0.5) is 5.69 Å². The van der Waals surface area contributed by atoms with Crippen molar-refractivity contribution in [3.8, 4) is 0 Å². The van der Waals surface area contributed by atoms with Gasteiger partial charge in [-0.2, -0.15) is 0 Å². The monoisotopic (exact) mass is 379 g/mol. The Bertz CT molecular complexity index is 957. The van der Waals surface area contributed by atoms with Crippen molar-refractivity contribution in [2.75, 3.05) is 5.32 Å². The average molecular weight is 380 g/mol. The summed E-state index contributed by atoms with van der Waals surface area (Å²) >= 11 is 6.07. The maximum Gasteiger partial charge on any atom is 0.255 e. The van der Waals surface area contributed by atoms with Gasteiger partial charge in [0.2, 0.25) is 0 Å². The van der Waals surface area contributed by atoms with E-state index in [1.54, 1.807) is 54.9 Å². The molecule has 1 aromatic heterocycles. The summed E-state index contributed by atoms with van der Waals surface area (Å²) in [5, 5.41) is 6.25. The summed E-state index contributed by atoms with van der Waals surface area (Å²) in [7, 11) is 0. The molecule has 0 aliphatic carbocycles. The molecule has 6 heteroatoms. The smallest absolute Gasteiger partial charge is 0.255 e. The highest BCUT2D eigenvalue weighted by molar-refractivity contribution is 6.31. The Morgan fingerprint density at radius 3 is 2.33 bits per heavy atom. The molecule has 0 atom stereocenters. The standard InChI is InChI=1S/C21H18ClN3O2/c1-14-18(22)5-2-6-19(14)25-21(27)17-9-7-16(8-10-17)20(26)24-13-15-4-3-11-23-12-15/h2-12H,13H2,1H3,(H,24,26)(H,25,27). The first kappa shape index (κ1) is 18.6. The number of benzene rings is 2. The molecule has 1 heterocycles. The van der Waals surface area contributed by atoms with E-state index in [4.69, 9.17) is 11.6 Å². The first-order valence-electron chi connectivity index (χ1n) is 8.38. The van der Waals surface area contributed by atoms with Crippen LogP contribution in [-0.2, 0) is 6.54 Å². The van der Waals surface area contributed by atoms with Gasteiger partial charge >= 0.3 is 0 Å². The van der Waals surface area contributed by atoms with E-state index in [1.165, 1.54) is 0 Å². The number of rotatable bonds is 5. The molecule has 3 rings (SSSR count). The fraction of sp³-hybridized carbons (Fsp3) is 0.0952. The minimum absolute atomic E-state index is 0.212. The van der Waals surface area contributed by atoms with Crippen LogP contribution in [0.15, 0.2) is 67.0 Å². The van der Waals surface area contributed by atoms with Crippen molar-refractivity contribution in [1.82, 2.24) is 10.3 Å². The molecule has 3 aromatic rings. The highest BCUT2D eigenvalue weighted by Gasteiger charge is 2.11. The van der Waals surface area contributed by atoms with Gasteiger partial charge in [0.25, 0.3) is 11.8 Å². The van der Waals surface area contributed by atoms with Crippen molar-refractivity contribution in [1.29, 1.82) is 0 Å². The van der Waals surface area contributed by atoms with Crippen LogP contribution in [0.3, 0.4) is 0 Å². The van der Waals surface area contributed by atoms with Crippen LogP contribution >= 0.6 is 11.6 Å². The van der Waals surface area contributed by atoms with E-state index in [-0.39, 0.29) is 11.8 Å². The van der Waals surface area contributed by atoms with E-state index in [0.717, 1.165) is 11.1 Å². The molecule has 0 aliphatic heterocycles. The van der Waals surface area contributed by atoms with Crippen molar-refractivity contribution in [2.24, 2.45) is 0 Å². The van der Waals surface area contributed by atoms with Crippen LogP contribution in [0.1, 0.15) is 31.8 Å². The van der Waals surface area contributed by atoms with Gasteiger partial charge < -0.3 is 10.6 Å². The summed E-state index contributed by atoms with van der Waals surface area (Å²) in [6.45, 7) is 2.23. The van der Waals surface area contributed by atoms with Gasteiger partial charge in [-0.25, -0.2) is 0 Å². The molecular weight excluding hydrogens is 362 g/mol. The number of nitrogens with zero attached hydrogens (tertiary/aromatic N) is 1. The molecule has 0 saturated heterocycles. The maximum absolute atomic E-state index is 12.4. The number of aromatic nitrogens is 1. The lowest BCUT2D eigenvalue weighted by Crippen LogP contribution is -2.23. The molecule has 0 fully saturated rings. The number of anilines is 1. The molecule has 0 radical (unpaired) electrons. The minimum atomic E-state index is -0.261. The highest BCUT2D eigenvalue weighted by atomic mass is 35.5. The Balaban J connectivity index is 1.63. The molecule has 0 bridgehead atoms. The van der Waals surface area contributed by atoms with Crippen molar-refractivity contribution in [2.45, 2.75) is 13.5 Å². The molecule has 0 saturated carbocycles. The number of halogens is 1. The number of carbonyl (C=O) groups is 2. The number of pyridine rings is 1. The summed E-state index contributed by atoms with van der Waals surface area (Å²) in [6.07, 6.45) is 3.38. The Hall–Kier alpha value is -3.18. The number of carbonyl (C=O) groups excluding carboxylic acids is 2. The SMILES string of the molecule is Cc1c(Cl)cccc1NC(=O)c1ccc(C(=O)NCc2cccnc2)cc1. The van der Waals surface area contributed by atoms with E-state index in [0.29, 0.717) is 28.4 Å². The Labute approximate surface area is 162 Å². The van der Waals surface area contributed by atoms with Crippen molar-refractivity contribution in [3.05, 3.63) is 94.3 Å². The molecule has 0 unspecified atom stereocenters. The first-order chi connectivity index (χ1) is 13.0. The third-order valence-corrected chi connectivity index (χ3v) is 4.51. The molecular formula is C21H18ClN3O2. The van der Waals surface area contributed by atoms with Crippen LogP contribution in [0.2, 0.25) is 5.02 Å². The van der Waals surface area contributed by atoms with Crippen LogP contribution < -0.4 is 10.6 Å². The predicted molar refractivity (Wildman–Crippen MR) is 106 cm³/mol. The largest absolute Gasteiger partial charge is 0.348 e. The van der Waals surface area contributed by atoms with Crippen molar-refractivity contribution >= 4 is 29.1 Å². The van der Waals surface area contributed by atoms with Gasteiger partial charge in [-0.15, -0.1) is 0 Å². The lowest BCUT2D eigenvalue weighted by atomic mass is 10.1. The third kappa shape index (κ3) is 4.71. The molecule has 0 aliphatic rings. The Morgan fingerprint density at radius 1 is 0.963 bits per heavy atom. The van der Waals surface area contributed by atoms with Gasteiger partial charge in [-0.05, 0) is 60.5 Å². The Morgan fingerprint density at radius 2 is 1.67 bits per heavy atom. The van der Waals surface area contributed by atoms with E-state index >= 15 is 0 Å². The second-order valence-electron chi connectivity index (χ2n) is 5.99. The van der Waals surface area contributed by atoms with Gasteiger partial charge in [0.1, 0.15) is 0 Å². The number of nitrogens with one attached hydrogen (secondary N) is 2. The van der Waals surface area contributed by atoms with E-state index < -0.39 is 0 Å². The molecule has 27 heavy (non-hydrogen) atoms. The zero-order valence-corrected chi connectivity index (χ0v) is 15.5. The normalized spacial score (nSPS) is 10.3. The topological polar surface area (TPSA) is 71.1 Å². The van der Waals surface area contributed by atoms with Gasteiger partial charge in [-0.3, -0.25) is 14.6 Å². The lowest BCUT2D eigenvalue weighted by Gasteiger charge is -2.10. The number of hydrogen-bond acceptors (Lipinski definition) is 3. The highest BCUT2D eigenvalue weighted by Crippen LogP contribution is 2.23. The average Bonchev–Trinajstić information content (AvgIpc) is 2.70. The van der Waals surface area contributed by atoms with Crippen LogP contribution in [0, 0.1) is 6.92 Å². The summed E-state index contributed by atoms with van der Waals surface area (Å²) in [6, 6.07) is 15.5. The maximum atomic E-state index is 12.4.